The highest BCUT2D eigenvalue weighted by Crippen LogP contribution is 2.02. The van der Waals surface area contributed by atoms with E-state index in [1.54, 1.807) is 0 Å². The van der Waals surface area contributed by atoms with Crippen LogP contribution in [0.5, 0.6) is 0 Å². The van der Waals surface area contributed by atoms with Crippen molar-refractivity contribution in [1.82, 2.24) is 0 Å². The minimum atomic E-state index is -1.47. The first-order valence-electron chi connectivity index (χ1n) is 4.08. The van der Waals surface area contributed by atoms with Crippen LogP contribution in [0.15, 0.2) is 0 Å². The van der Waals surface area contributed by atoms with Gasteiger partial charge in [0.25, 0.3) is 0 Å². The summed E-state index contributed by atoms with van der Waals surface area (Å²) in [6.45, 7) is 1.81. The van der Waals surface area contributed by atoms with Crippen molar-refractivity contribution in [3.8, 4) is 0 Å². The van der Waals surface area contributed by atoms with E-state index in [2.05, 4.69) is 0 Å². The van der Waals surface area contributed by atoms with E-state index in [0.717, 1.165) is 0 Å². The van der Waals surface area contributed by atoms with Gasteiger partial charge in [-0.3, -0.25) is 0 Å². The average Bonchev–Trinajstić information content (AvgIpc) is 1.98. The Hall–Kier alpha value is -0.200. The molecule has 0 aliphatic rings. The zero-order valence-electron chi connectivity index (χ0n) is 7.35. The monoisotopic (exact) mass is 177 g/mol. The van der Waals surface area contributed by atoms with Gasteiger partial charge in [0.1, 0.15) is 0 Å². The van der Waals surface area contributed by atoms with E-state index in [0.29, 0.717) is 12.8 Å². The molecule has 0 aromatic carbocycles. The van der Waals surface area contributed by atoms with Crippen molar-refractivity contribution in [3.63, 3.8) is 0 Å². The van der Waals surface area contributed by atoms with E-state index in [1.807, 2.05) is 6.92 Å². The first-order chi connectivity index (χ1) is 5.45. The Morgan fingerprint density at radius 2 is 1.42 bits per heavy atom. The smallest absolute Gasteiger partial charge is 0.166 e. The zero-order valence-corrected chi connectivity index (χ0v) is 7.35. The third-order valence-electron chi connectivity index (χ3n) is 1.89. The van der Waals surface area contributed by atoms with Gasteiger partial charge in [0.2, 0.25) is 0 Å². The van der Waals surface area contributed by atoms with Gasteiger partial charge in [0.05, 0.1) is 6.04 Å². The molecule has 5 heteroatoms. The Balaban J connectivity index is 3.54. The van der Waals surface area contributed by atoms with Crippen LogP contribution in [0.25, 0.3) is 0 Å². The van der Waals surface area contributed by atoms with Crippen molar-refractivity contribution < 1.29 is 10.2 Å². The van der Waals surface area contributed by atoms with Gasteiger partial charge in [-0.2, -0.15) is 0 Å². The number of nitrogens with two attached hydrogens (primary N) is 3. The Bertz CT molecular complexity index is 105. The number of hydrogen-bond donors (Lipinski definition) is 5. The second kappa shape index (κ2) is 5.45. The molecular formula is C7H19N3O2. The predicted molar refractivity (Wildman–Crippen MR) is 47.1 cm³/mol. The molecule has 0 heterocycles. The van der Waals surface area contributed by atoms with Gasteiger partial charge >= 0.3 is 0 Å². The molecule has 8 N–H and O–H groups in total. The molecule has 0 aliphatic carbocycles. The Morgan fingerprint density at radius 1 is 1.00 bits per heavy atom. The first kappa shape index (κ1) is 11.8. The molecular weight excluding hydrogens is 158 g/mol. The lowest BCUT2D eigenvalue weighted by Crippen LogP contribution is -2.42. The summed E-state index contributed by atoms with van der Waals surface area (Å²) in [6, 6.07) is -0.849. The van der Waals surface area contributed by atoms with Gasteiger partial charge in [-0.05, 0) is 19.8 Å². The number of aliphatic hydroxyl groups is 2. The Kier molecular flexibility index (Phi) is 5.36. The second-order valence-corrected chi connectivity index (χ2v) is 3.18. The molecule has 12 heavy (non-hydrogen) atoms. The van der Waals surface area contributed by atoms with Crippen molar-refractivity contribution in [2.45, 2.75) is 44.2 Å². The fourth-order valence-electron chi connectivity index (χ4n) is 0.797. The normalized spacial score (nSPS) is 19.2. The molecule has 0 aliphatic heterocycles. The highest BCUT2D eigenvalue weighted by Gasteiger charge is 2.14. The second-order valence-electron chi connectivity index (χ2n) is 3.18. The van der Waals surface area contributed by atoms with E-state index in [9.17, 15) is 0 Å². The summed E-state index contributed by atoms with van der Waals surface area (Å²) in [5, 5.41) is 17.3. The fourth-order valence-corrected chi connectivity index (χ4v) is 0.797. The molecule has 0 saturated carbocycles. The van der Waals surface area contributed by atoms with Crippen molar-refractivity contribution in [1.29, 1.82) is 0 Å². The van der Waals surface area contributed by atoms with Crippen LogP contribution in [-0.2, 0) is 0 Å². The lowest BCUT2D eigenvalue weighted by molar-refractivity contribution is -0.0601. The van der Waals surface area contributed by atoms with Crippen LogP contribution in [0.3, 0.4) is 0 Å². The van der Waals surface area contributed by atoms with Gasteiger partial charge in [-0.15, -0.1) is 0 Å². The van der Waals surface area contributed by atoms with Gasteiger partial charge in [0, 0.05) is 12.1 Å². The van der Waals surface area contributed by atoms with E-state index >= 15 is 0 Å². The molecule has 0 fully saturated rings. The summed E-state index contributed by atoms with van der Waals surface area (Å²) >= 11 is 0. The summed E-state index contributed by atoms with van der Waals surface area (Å²) in [5.74, 6) is 0. The number of hydrogen-bond acceptors (Lipinski definition) is 5. The molecule has 3 unspecified atom stereocenters. The van der Waals surface area contributed by atoms with Gasteiger partial charge < -0.3 is 27.4 Å². The predicted octanol–water partition coefficient (Wildman–Crippen LogP) is -1.92. The summed E-state index contributed by atoms with van der Waals surface area (Å²) < 4.78 is 0. The minimum absolute atomic E-state index is 0.0898. The third-order valence-corrected chi connectivity index (χ3v) is 1.89. The molecule has 0 amide bonds. The maximum Gasteiger partial charge on any atom is 0.166 e. The molecule has 0 aromatic heterocycles. The van der Waals surface area contributed by atoms with Crippen molar-refractivity contribution in [2.75, 3.05) is 0 Å². The lowest BCUT2D eigenvalue weighted by Gasteiger charge is -2.19. The zero-order chi connectivity index (χ0) is 9.72. The Morgan fingerprint density at radius 3 is 1.75 bits per heavy atom. The van der Waals surface area contributed by atoms with Crippen molar-refractivity contribution in [3.05, 3.63) is 0 Å². The van der Waals surface area contributed by atoms with Crippen LogP contribution >= 0.6 is 0 Å². The van der Waals surface area contributed by atoms with Crippen LogP contribution in [0.1, 0.15) is 19.8 Å². The minimum Gasteiger partial charge on any atom is -0.367 e. The van der Waals surface area contributed by atoms with Crippen molar-refractivity contribution in [2.24, 2.45) is 17.2 Å². The quantitative estimate of drug-likeness (QED) is 0.314. The fraction of sp³-hybridized carbons (Fsp3) is 1.00. The molecule has 74 valence electrons. The highest BCUT2D eigenvalue weighted by molar-refractivity contribution is 4.74. The molecule has 5 nitrogen and oxygen atoms in total. The number of aliphatic hydroxyl groups excluding tert-OH is 1. The van der Waals surface area contributed by atoms with E-state index in [1.165, 1.54) is 0 Å². The van der Waals surface area contributed by atoms with E-state index in [4.69, 9.17) is 27.4 Å². The highest BCUT2D eigenvalue weighted by atomic mass is 16.5. The summed E-state index contributed by atoms with van der Waals surface area (Å²) in [6.07, 6.45) is -0.387. The molecule has 0 saturated heterocycles. The molecule has 0 spiro atoms. The summed E-state index contributed by atoms with van der Waals surface area (Å²) in [7, 11) is 0. The average molecular weight is 177 g/mol. The molecule has 0 rings (SSSR count). The maximum atomic E-state index is 8.63. The Labute approximate surface area is 72.5 Å². The van der Waals surface area contributed by atoms with Crippen LogP contribution in [0.4, 0.5) is 0 Å². The molecule has 0 bridgehead atoms. The summed E-state index contributed by atoms with van der Waals surface area (Å²) in [5.41, 5.74) is 16.5. The maximum absolute atomic E-state index is 8.63. The molecule has 0 radical (unpaired) electrons. The SMILES string of the molecule is CC(N)C(N)CCC(N)C(O)O. The van der Waals surface area contributed by atoms with Gasteiger partial charge in [-0.1, -0.05) is 0 Å². The van der Waals surface area contributed by atoms with Crippen molar-refractivity contribution >= 4 is 0 Å². The van der Waals surface area contributed by atoms with Crippen LogP contribution < -0.4 is 17.2 Å². The largest absolute Gasteiger partial charge is 0.367 e. The summed E-state index contributed by atoms with van der Waals surface area (Å²) in [4.78, 5) is 0. The van der Waals surface area contributed by atoms with E-state index < -0.39 is 12.3 Å². The van der Waals surface area contributed by atoms with Crippen LogP contribution in [0.2, 0.25) is 0 Å². The molecule has 0 aromatic rings. The third kappa shape index (κ3) is 4.63. The van der Waals surface area contributed by atoms with Crippen LogP contribution in [0, 0.1) is 0 Å². The van der Waals surface area contributed by atoms with Gasteiger partial charge in [-0.25, -0.2) is 0 Å². The first-order valence-corrected chi connectivity index (χ1v) is 4.08. The standard InChI is InChI=1S/C7H19N3O2/c1-4(8)5(9)2-3-6(10)7(11)12/h4-7,11-12H,2-3,8-10H2,1H3. The lowest BCUT2D eigenvalue weighted by atomic mass is 10.0. The van der Waals surface area contributed by atoms with Gasteiger partial charge in [0.15, 0.2) is 6.29 Å². The number of rotatable bonds is 5. The molecule has 3 atom stereocenters. The van der Waals surface area contributed by atoms with E-state index in [-0.39, 0.29) is 12.1 Å². The topological polar surface area (TPSA) is 119 Å². The van der Waals surface area contributed by atoms with Crippen LogP contribution in [-0.4, -0.2) is 34.6 Å².